The normalized spacial score (nSPS) is 21.1. The predicted molar refractivity (Wildman–Crippen MR) is 117 cm³/mol. The molecule has 2 aliphatic heterocycles. The molecule has 0 aromatic heterocycles. The molecule has 0 saturated carbocycles. The van der Waals surface area contributed by atoms with Crippen LogP contribution < -0.4 is 20.7 Å². The summed E-state index contributed by atoms with van der Waals surface area (Å²) in [6.07, 6.45) is 1.30. The Labute approximate surface area is 187 Å². The Morgan fingerprint density at radius 2 is 1.88 bits per heavy atom. The molecule has 2 heterocycles. The lowest BCUT2D eigenvalue weighted by atomic mass is 10.0. The number of methoxy groups -OCH3 is 1. The van der Waals surface area contributed by atoms with E-state index in [-0.39, 0.29) is 37.0 Å². The van der Waals surface area contributed by atoms with E-state index in [2.05, 4.69) is 16.0 Å². The first-order valence-corrected chi connectivity index (χ1v) is 10.9. The molecule has 1 aromatic carbocycles. The molecule has 0 bridgehead atoms. The van der Waals surface area contributed by atoms with Crippen LogP contribution in [0.3, 0.4) is 0 Å². The maximum absolute atomic E-state index is 13.1. The lowest BCUT2D eigenvalue weighted by Gasteiger charge is -2.41. The zero-order valence-corrected chi connectivity index (χ0v) is 18.7. The van der Waals surface area contributed by atoms with E-state index in [1.165, 1.54) is 4.90 Å². The average molecular weight is 446 g/mol. The number of ether oxygens (including phenoxy) is 1. The summed E-state index contributed by atoms with van der Waals surface area (Å²) >= 11 is 0. The number of piperazine rings is 1. The van der Waals surface area contributed by atoms with E-state index in [0.717, 1.165) is 6.42 Å². The van der Waals surface area contributed by atoms with Crippen molar-refractivity contribution in [1.82, 2.24) is 25.8 Å². The van der Waals surface area contributed by atoms with Crippen LogP contribution in [0.1, 0.15) is 37.0 Å². The Morgan fingerprint density at radius 1 is 1.16 bits per heavy atom. The molecule has 0 spiro atoms. The van der Waals surface area contributed by atoms with Gasteiger partial charge in [0, 0.05) is 31.2 Å². The molecule has 10 heteroatoms. The number of urea groups is 1. The van der Waals surface area contributed by atoms with Gasteiger partial charge in [0.15, 0.2) is 0 Å². The maximum atomic E-state index is 13.1. The number of carbonyl (C=O) groups excluding carboxylic acids is 4. The minimum Gasteiger partial charge on any atom is -0.497 e. The number of carbonyl (C=O) groups is 4. The number of benzene rings is 1. The number of hydrogen-bond donors (Lipinski definition) is 3. The van der Waals surface area contributed by atoms with Crippen molar-refractivity contribution >= 4 is 23.8 Å². The molecule has 1 aromatic rings. The molecule has 32 heavy (non-hydrogen) atoms. The van der Waals surface area contributed by atoms with E-state index in [1.807, 2.05) is 13.8 Å². The fraction of sp³-hybridized carbons (Fsp3) is 0.545. The van der Waals surface area contributed by atoms with Gasteiger partial charge >= 0.3 is 6.03 Å². The van der Waals surface area contributed by atoms with Gasteiger partial charge in [-0.25, -0.2) is 4.79 Å². The highest BCUT2D eigenvalue weighted by Crippen LogP contribution is 2.17. The smallest absolute Gasteiger partial charge is 0.318 e. The Hall–Kier alpha value is -3.30. The van der Waals surface area contributed by atoms with Crippen molar-refractivity contribution in [1.29, 1.82) is 0 Å². The van der Waals surface area contributed by atoms with Crippen molar-refractivity contribution in [3.05, 3.63) is 29.8 Å². The van der Waals surface area contributed by atoms with Gasteiger partial charge in [0.2, 0.25) is 11.8 Å². The zero-order chi connectivity index (χ0) is 23.3. The van der Waals surface area contributed by atoms with Crippen LogP contribution in [0.25, 0.3) is 0 Å². The van der Waals surface area contributed by atoms with Crippen molar-refractivity contribution in [2.75, 3.05) is 33.3 Å². The molecule has 3 N–H and O–H groups in total. The predicted octanol–water partition coefficient (Wildman–Crippen LogP) is 0.334. The van der Waals surface area contributed by atoms with E-state index >= 15 is 0 Å². The van der Waals surface area contributed by atoms with Crippen LogP contribution in [0.4, 0.5) is 4.79 Å². The molecular weight excluding hydrogens is 414 g/mol. The average Bonchev–Trinajstić information content (AvgIpc) is 2.79. The fourth-order valence-electron chi connectivity index (χ4n) is 3.86. The van der Waals surface area contributed by atoms with Crippen LogP contribution in [0.2, 0.25) is 0 Å². The molecular formula is C22H31N5O5. The molecule has 0 unspecified atom stereocenters. The first-order valence-electron chi connectivity index (χ1n) is 10.9. The number of amides is 5. The Balaban J connectivity index is 1.76. The highest BCUT2D eigenvalue weighted by Gasteiger charge is 2.39. The van der Waals surface area contributed by atoms with Crippen LogP contribution >= 0.6 is 0 Å². The summed E-state index contributed by atoms with van der Waals surface area (Å²) < 4.78 is 5.13. The maximum Gasteiger partial charge on any atom is 0.318 e. The van der Waals surface area contributed by atoms with Crippen molar-refractivity contribution in [3.63, 3.8) is 0 Å². The monoisotopic (exact) mass is 445 g/mol. The van der Waals surface area contributed by atoms with E-state index in [4.69, 9.17) is 4.74 Å². The molecule has 2 fully saturated rings. The second-order valence-corrected chi connectivity index (χ2v) is 8.29. The molecule has 0 aliphatic carbocycles. The van der Waals surface area contributed by atoms with E-state index < -0.39 is 18.0 Å². The van der Waals surface area contributed by atoms with Crippen molar-refractivity contribution in [3.8, 4) is 5.75 Å². The summed E-state index contributed by atoms with van der Waals surface area (Å²) in [7, 11) is 1.55. The third kappa shape index (κ3) is 5.49. The summed E-state index contributed by atoms with van der Waals surface area (Å²) in [5.41, 5.74) is 0.469. The summed E-state index contributed by atoms with van der Waals surface area (Å²) in [5, 5.41) is 8.31. The van der Waals surface area contributed by atoms with Gasteiger partial charge in [-0.15, -0.1) is 0 Å². The van der Waals surface area contributed by atoms with Gasteiger partial charge in [-0.1, -0.05) is 0 Å². The molecule has 0 radical (unpaired) electrons. The van der Waals surface area contributed by atoms with E-state index in [1.54, 1.807) is 36.3 Å². The number of nitrogens with zero attached hydrogens (tertiary/aromatic N) is 2. The van der Waals surface area contributed by atoms with Gasteiger partial charge in [0.05, 0.1) is 13.7 Å². The SMILES string of the molecule is COc1ccc(C(=O)N2CCN(C(=O)NC(C)C)[C@H](C(=O)N[C@@H]3CCCNC3=O)C2)cc1. The minimum atomic E-state index is -0.903. The number of hydrogen-bond acceptors (Lipinski definition) is 5. The first-order chi connectivity index (χ1) is 15.3. The van der Waals surface area contributed by atoms with Crippen LogP contribution in [-0.2, 0) is 9.59 Å². The topological polar surface area (TPSA) is 120 Å². The molecule has 2 saturated heterocycles. The zero-order valence-electron chi connectivity index (χ0n) is 18.7. The van der Waals surface area contributed by atoms with Crippen LogP contribution in [0.15, 0.2) is 24.3 Å². The van der Waals surface area contributed by atoms with Crippen molar-refractivity contribution in [2.45, 2.75) is 44.8 Å². The van der Waals surface area contributed by atoms with Crippen molar-refractivity contribution in [2.24, 2.45) is 0 Å². The number of piperidine rings is 1. The van der Waals surface area contributed by atoms with Gasteiger partial charge in [-0.2, -0.15) is 0 Å². The Morgan fingerprint density at radius 3 is 2.50 bits per heavy atom. The van der Waals surface area contributed by atoms with Gasteiger partial charge in [0.1, 0.15) is 17.8 Å². The van der Waals surface area contributed by atoms with Crippen LogP contribution in [0.5, 0.6) is 5.75 Å². The molecule has 2 aliphatic rings. The van der Waals surface area contributed by atoms with Gasteiger partial charge in [0.25, 0.3) is 5.91 Å². The summed E-state index contributed by atoms with van der Waals surface area (Å²) in [4.78, 5) is 54.0. The molecule has 3 rings (SSSR count). The number of rotatable bonds is 5. The number of nitrogens with one attached hydrogen (secondary N) is 3. The van der Waals surface area contributed by atoms with E-state index in [0.29, 0.717) is 30.8 Å². The molecule has 174 valence electrons. The third-order valence-electron chi connectivity index (χ3n) is 5.58. The largest absolute Gasteiger partial charge is 0.497 e. The second-order valence-electron chi connectivity index (χ2n) is 8.29. The standard InChI is InChI=1S/C22H31N5O5/c1-14(2)24-22(31)27-12-11-26(21(30)15-6-8-16(32-3)9-7-15)13-18(27)20(29)25-17-5-4-10-23-19(17)28/h6-9,14,17-18H,4-5,10-13H2,1-3H3,(H,23,28)(H,24,31)(H,25,29)/t17-,18+/m1/s1. The summed E-state index contributed by atoms with van der Waals surface area (Å²) in [6, 6.07) is 4.72. The quantitative estimate of drug-likeness (QED) is 0.604. The fourth-order valence-corrected chi connectivity index (χ4v) is 3.86. The van der Waals surface area contributed by atoms with Crippen molar-refractivity contribution < 1.29 is 23.9 Å². The Bertz CT molecular complexity index is 857. The van der Waals surface area contributed by atoms with Gasteiger partial charge in [-0.05, 0) is 51.0 Å². The van der Waals surface area contributed by atoms with E-state index in [9.17, 15) is 19.2 Å². The lowest BCUT2D eigenvalue weighted by molar-refractivity contribution is -0.133. The van der Waals surface area contributed by atoms with Crippen LogP contribution in [-0.4, -0.2) is 85.0 Å². The summed E-state index contributed by atoms with van der Waals surface area (Å²) in [6.45, 7) is 4.79. The molecule has 2 atom stereocenters. The highest BCUT2D eigenvalue weighted by atomic mass is 16.5. The first kappa shape index (κ1) is 23.4. The lowest BCUT2D eigenvalue weighted by Crippen LogP contribution is -2.65. The second kappa shape index (κ2) is 10.3. The summed E-state index contributed by atoms with van der Waals surface area (Å²) in [5.74, 6) is -0.271. The molecule has 5 amide bonds. The van der Waals surface area contributed by atoms with Crippen LogP contribution in [0, 0.1) is 0 Å². The van der Waals surface area contributed by atoms with Gasteiger partial charge in [-0.3, -0.25) is 14.4 Å². The van der Waals surface area contributed by atoms with Gasteiger partial charge < -0.3 is 30.5 Å². The Kier molecular flexibility index (Phi) is 7.55. The minimum absolute atomic E-state index is 0.0382. The highest BCUT2D eigenvalue weighted by molar-refractivity contribution is 5.96. The molecule has 10 nitrogen and oxygen atoms in total. The third-order valence-corrected chi connectivity index (χ3v) is 5.58.